The largest absolute Gasteiger partial charge is 0.337 e. The fourth-order valence-corrected chi connectivity index (χ4v) is 4.12. The van der Waals surface area contributed by atoms with Gasteiger partial charge in [0.15, 0.2) is 0 Å². The van der Waals surface area contributed by atoms with Gasteiger partial charge in [-0.05, 0) is 67.4 Å². The number of hydrogen-bond donors (Lipinski definition) is 1. The van der Waals surface area contributed by atoms with Gasteiger partial charge in [-0.15, -0.1) is 0 Å². The van der Waals surface area contributed by atoms with Crippen molar-refractivity contribution in [3.05, 3.63) is 94.8 Å². The first-order valence-corrected chi connectivity index (χ1v) is 10.8. The van der Waals surface area contributed by atoms with Crippen LogP contribution in [0.15, 0.2) is 71.6 Å². The van der Waals surface area contributed by atoms with Gasteiger partial charge in [0.2, 0.25) is 0 Å². The molecule has 156 valence electrons. The molecule has 0 aliphatic rings. The van der Waals surface area contributed by atoms with E-state index in [1.807, 2.05) is 6.92 Å². The summed E-state index contributed by atoms with van der Waals surface area (Å²) in [6.45, 7) is 3.96. The third-order valence-electron chi connectivity index (χ3n) is 4.73. The summed E-state index contributed by atoms with van der Waals surface area (Å²) >= 11 is 0. The summed E-state index contributed by atoms with van der Waals surface area (Å²) in [5, 5.41) is 0. The van der Waals surface area contributed by atoms with Crippen LogP contribution in [0, 0.1) is 19.7 Å². The number of anilines is 1. The van der Waals surface area contributed by atoms with Crippen molar-refractivity contribution < 1.29 is 17.6 Å². The Kier molecular flexibility index (Phi) is 6.22. The highest BCUT2D eigenvalue weighted by Gasteiger charge is 2.17. The zero-order valence-corrected chi connectivity index (χ0v) is 17.8. The molecule has 3 aromatic rings. The van der Waals surface area contributed by atoms with E-state index in [1.54, 1.807) is 68.6 Å². The van der Waals surface area contributed by atoms with Gasteiger partial charge in [-0.25, -0.2) is 12.8 Å². The molecule has 0 heterocycles. The zero-order valence-electron chi connectivity index (χ0n) is 17.0. The maximum Gasteiger partial charge on any atom is 0.261 e. The van der Waals surface area contributed by atoms with Crippen LogP contribution in [0.25, 0.3) is 0 Å². The van der Waals surface area contributed by atoms with Gasteiger partial charge in [0.1, 0.15) is 5.82 Å². The molecule has 1 amide bonds. The maximum atomic E-state index is 13.0. The molecule has 0 aromatic heterocycles. The number of amides is 1. The molecule has 5 nitrogen and oxygen atoms in total. The van der Waals surface area contributed by atoms with E-state index >= 15 is 0 Å². The SMILES string of the molecule is Cc1ccc(S(=O)(=O)Nc2ccc(C(=O)N(C)Cc3ccc(F)cc3)cc2C)cc1. The lowest BCUT2D eigenvalue weighted by molar-refractivity contribution is 0.0785. The van der Waals surface area contributed by atoms with Crippen LogP contribution in [-0.2, 0) is 16.6 Å². The third kappa shape index (κ3) is 5.04. The lowest BCUT2D eigenvalue weighted by atomic mass is 10.1. The van der Waals surface area contributed by atoms with E-state index in [4.69, 9.17) is 0 Å². The van der Waals surface area contributed by atoms with E-state index in [0.29, 0.717) is 23.4 Å². The predicted molar refractivity (Wildman–Crippen MR) is 115 cm³/mol. The summed E-state index contributed by atoms with van der Waals surface area (Å²) in [6, 6.07) is 17.4. The lowest BCUT2D eigenvalue weighted by Gasteiger charge is -2.18. The molecule has 0 spiro atoms. The average Bonchev–Trinajstić information content (AvgIpc) is 2.71. The van der Waals surface area contributed by atoms with Gasteiger partial charge in [-0.2, -0.15) is 0 Å². The van der Waals surface area contributed by atoms with Gasteiger partial charge in [-0.1, -0.05) is 29.8 Å². The van der Waals surface area contributed by atoms with Crippen LogP contribution < -0.4 is 4.72 Å². The Morgan fingerprint density at radius 1 is 0.967 bits per heavy atom. The van der Waals surface area contributed by atoms with Crippen molar-refractivity contribution in [3.8, 4) is 0 Å². The van der Waals surface area contributed by atoms with E-state index in [9.17, 15) is 17.6 Å². The second kappa shape index (κ2) is 8.67. The molecule has 0 fully saturated rings. The van der Waals surface area contributed by atoms with Crippen molar-refractivity contribution in [2.45, 2.75) is 25.3 Å². The number of halogens is 1. The Balaban J connectivity index is 1.74. The molecule has 0 atom stereocenters. The van der Waals surface area contributed by atoms with Crippen LogP contribution in [-0.4, -0.2) is 26.3 Å². The van der Waals surface area contributed by atoms with E-state index in [0.717, 1.165) is 11.1 Å². The van der Waals surface area contributed by atoms with E-state index in [-0.39, 0.29) is 16.6 Å². The number of nitrogens with one attached hydrogen (secondary N) is 1. The van der Waals surface area contributed by atoms with Crippen LogP contribution in [0.1, 0.15) is 27.0 Å². The smallest absolute Gasteiger partial charge is 0.261 e. The summed E-state index contributed by atoms with van der Waals surface area (Å²) in [5.74, 6) is -0.539. The molecule has 1 N–H and O–H groups in total. The Morgan fingerprint density at radius 3 is 2.20 bits per heavy atom. The molecule has 3 rings (SSSR count). The Bertz CT molecular complexity index is 1160. The first-order valence-electron chi connectivity index (χ1n) is 9.36. The predicted octanol–water partition coefficient (Wildman–Crippen LogP) is 4.52. The van der Waals surface area contributed by atoms with Crippen molar-refractivity contribution in [2.75, 3.05) is 11.8 Å². The standard InChI is InChI=1S/C23H23FN2O3S/c1-16-4-11-21(12-5-16)30(28,29)25-22-13-8-19(14-17(22)2)23(27)26(3)15-18-6-9-20(24)10-7-18/h4-14,25H,15H2,1-3H3. The molecular weight excluding hydrogens is 403 g/mol. The summed E-state index contributed by atoms with van der Waals surface area (Å²) < 4.78 is 40.8. The third-order valence-corrected chi connectivity index (χ3v) is 6.11. The highest BCUT2D eigenvalue weighted by molar-refractivity contribution is 7.92. The Morgan fingerprint density at radius 2 is 1.60 bits per heavy atom. The van der Waals surface area contributed by atoms with Gasteiger partial charge in [0, 0.05) is 19.2 Å². The highest BCUT2D eigenvalue weighted by Crippen LogP contribution is 2.22. The zero-order chi connectivity index (χ0) is 21.9. The molecule has 0 aliphatic heterocycles. The summed E-state index contributed by atoms with van der Waals surface area (Å²) in [4.78, 5) is 14.4. The number of hydrogen-bond acceptors (Lipinski definition) is 3. The molecule has 0 aliphatic carbocycles. The number of sulfonamides is 1. The lowest BCUT2D eigenvalue weighted by Crippen LogP contribution is -2.26. The first kappa shape index (κ1) is 21.5. The summed E-state index contributed by atoms with van der Waals surface area (Å²) in [5.41, 5.74) is 3.26. The molecule has 7 heteroatoms. The van der Waals surface area contributed by atoms with Gasteiger partial charge in [-0.3, -0.25) is 9.52 Å². The van der Waals surface area contributed by atoms with Crippen LogP contribution in [0.3, 0.4) is 0 Å². The number of benzene rings is 3. The first-order chi connectivity index (χ1) is 14.2. The normalized spacial score (nSPS) is 11.2. The number of nitrogens with zero attached hydrogens (tertiary/aromatic N) is 1. The van der Waals surface area contributed by atoms with Gasteiger partial charge in [0.05, 0.1) is 10.6 Å². The van der Waals surface area contributed by atoms with Crippen molar-refractivity contribution in [1.82, 2.24) is 4.90 Å². The Hall–Kier alpha value is -3.19. The second-order valence-corrected chi connectivity index (χ2v) is 8.92. The minimum atomic E-state index is -3.72. The summed E-state index contributed by atoms with van der Waals surface area (Å²) in [6.07, 6.45) is 0. The average molecular weight is 427 g/mol. The monoisotopic (exact) mass is 426 g/mol. The van der Waals surface area contributed by atoms with E-state index in [1.165, 1.54) is 17.0 Å². The summed E-state index contributed by atoms with van der Waals surface area (Å²) in [7, 11) is -2.06. The van der Waals surface area contributed by atoms with Gasteiger partial charge in [0.25, 0.3) is 15.9 Å². The second-order valence-electron chi connectivity index (χ2n) is 7.24. The minimum Gasteiger partial charge on any atom is -0.337 e. The van der Waals surface area contributed by atoms with E-state index in [2.05, 4.69) is 4.72 Å². The molecular formula is C23H23FN2O3S. The van der Waals surface area contributed by atoms with Crippen molar-refractivity contribution >= 4 is 21.6 Å². The quantitative estimate of drug-likeness (QED) is 0.630. The van der Waals surface area contributed by atoms with Crippen molar-refractivity contribution in [2.24, 2.45) is 0 Å². The molecule has 30 heavy (non-hydrogen) atoms. The molecule has 0 saturated carbocycles. The number of rotatable bonds is 6. The fourth-order valence-electron chi connectivity index (χ4n) is 2.99. The van der Waals surface area contributed by atoms with Gasteiger partial charge >= 0.3 is 0 Å². The number of carbonyl (C=O) groups is 1. The van der Waals surface area contributed by atoms with Crippen LogP contribution in [0.5, 0.6) is 0 Å². The number of aryl methyl sites for hydroxylation is 2. The maximum absolute atomic E-state index is 13.0. The molecule has 0 radical (unpaired) electrons. The van der Waals surface area contributed by atoms with Crippen LogP contribution in [0.4, 0.5) is 10.1 Å². The molecule has 3 aromatic carbocycles. The van der Waals surface area contributed by atoms with Gasteiger partial charge < -0.3 is 4.90 Å². The topological polar surface area (TPSA) is 66.5 Å². The molecule has 0 saturated heterocycles. The number of carbonyl (C=O) groups excluding carboxylic acids is 1. The van der Waals surface area contributed by atoms with Crippen molar-refractivity contribution in [1.29, 1.82) is 0 Å². The fraction of sp³-hybridized carbons (Fsp3) is 0.174. The van der Waals surface area contributed by atoms with E-state index < -0.39 is 10.0 Å². The van der Waals surface area contributed by atoms with Crippen LogP contribution in [0.2, 0.25) is 0 Å². The minimum absolute atomic E-state index is 0.173. The highest BCUT2D eigenvalue weighted by atomic mass is 32.2. The Labute approximate surface area is 176 Å². The molecule has 0 unspecified atom stereocenters. The van der Waals surface area contributed by atoms with Crippen molar-refractivity contribution in [3.63, 3.8) is 0 Å². The molecule has 0 bridgehead atoms. The van der Waals surface area contributed by atoms with Crippen LogP contribution >= 0.6 is 0 Å².